The van der Waals surface area contributed by atoms with Crippen LogP contribution in [0.25, 0.3) is 0 Å². The van der Waals surface area contributed by atoms with Crippen molar-refractivity contribution in [1.82, 2.24) is 0 Å². The van der Waals surface area contributed by atoms with Crippen LogP contribution in [0.5, 0.6) is 11.5 Å². The molecule has 2 rings (SSSR count). The van der Waals surface area contributed by atoms with Crippen molar-refractivity contribution in [2.24, 2.45) is 4.99 Å². The number of benzene rings is 1. The standard InChI is InChI=1S/C12H12BrNO3/c1-17-8-5-9(11(16)10(13)6-8)12(14-7-15)3-2-4-12/h5-6,16H,2-4H2,1H3. The number of hydrogen-bond acceptors (Lipinski definition) is 4. The third-order valence-electron chi connectivity index (χ3n) is 3.21. The fraction of sp³-hybridized carbons (Fsp3) is 0.417. The number of aromatic hydroxyl groups is 1. The maximum Gasteiger partial charge on any atom is 0.235 e. The zero-order valence-corrected chi connectivity index (χ0v) is 11.0. The summed E-state index contributed by atoms with van der Waals surface area (Å²) in [7, 11) is 1.55. The van der Waals surface area contributed by atoms with Gasteiger partial charge in [0.05, 0.1) is 11.6 Å². The Kier molecular flexibility index (Phi) is 3.22. The highest BCUT2D eigenvalue weighted by Gasteiger charge is 2.41. The number of carbonyl (C=O) groups excluding carboxylic acids is 1. The van der Waals surface area contributed by atoms with Crippen molar-refractivity contribution >= 4 is 22.0 Å². The number of halogens is 1. The number of aliphatic imine (C=N–C) groups is 1. The molecule has 90 valence electrons. The van der Waals surface area contributed by atoms with Gasteiger partial charge in [-0.25, -0.2) is 4.79 Å². The van der Waals surface area contributed by atoms with Gasteiger partial charge in [-0.3, -0.25) is 0 Å². The number of isocyanates is 1. The first-order valence-electron chi connectivity index (χ1n) is 5.29. The average molecular weight is 298 g/mol. The second-order valence-electron chi connectivity index (χ2n) is 4.09. The summed E-state index contributed by atoms with van der Waals surface area (Å²) in [4.78, 5) is 14.4. The van der Waals surface area contributed by atoms with E-state index in [0.29, 0.717) is 15.8 Å². The highest BCUT2D eigenvalue weighted by atomic mass is 79.9. The summed E-state index contributed by atoms with van der Waals surface area (Å²) in [5.41, 5.74) is 0.00132. The molecule has 0 aromatic heterocycles. The molecular formula is C12H12BrNO3. The minimum absolute atomic E-state index is 0.115. The van der Waals surface area contributed by atoms with E-state index in [1.807, 2.05) is 0 Å². The number of rotatable bonds is 3. The lowest BCUT2D eigenvalue weighted by Crippen LogP contribution is -2.32. The van der Waals surface area contributed by atoms with Crippen molar-refractivity contribution in [3.05, 3.63) is 22.2 Å². The van der Waals surface area contributed by atoms with Crippen molar-refractivity contribution in [3.63, 3.8) is 0 Å². The van der Waals surface area contributed by atoms with Crippen LogP contribution < -0.4 is 4.74 Å². The second kappa shape index (κ2) is 4.51. The van der Waals surface area contributed by atoms with E-state index in [1.165, 1.54) is 0 Å². The fourth-order valence-electron chi connectivity index (χ4n) is 2.09. The van der Waals surface area contributed by atoms with Crippen molar-refractivity contribution in [2.45, 2.75) is 24.8 Å². The van der Waals surface area contributed by atoms with Crippen molar-refractivity contribution in [3.8, 4) is 11.5 Å². The predicted molar refractivity (Wildman–Crippen MR) is 66.0 cm³/mol. The molecule has 5 heteroatoms. The lowest BCUT2D eigenvalue weighted by Gasteiger charge is -2.37. The third kappa shape index (κ3) is 1.96. The van der Waals surface area contributed by atoms with Crippen molar-refractivity contribution < 1.29 is 14.6 Å². The molecule has 1 N–H and O–H groups in total. The smallest absolute Gasteiger partial charge is 0.235 e. The van der Waals surface area contributed by atoms with Gasteiger partial charge in [0, 0.05) is 5.56 Å². The molecule has 1 aliphatic rings. The van der Waals surface area contributed by atoms with Gasteiger partial charge in [-0.1, -0.05) is 0 Å². The normalized spacial score (nSPS) is 16.8. The molecule has 1 aromatic carbocycles. The van der Waals surface area contributed by atoms with Crippen LogP contribution in [0.2, 0.25) is 0 Å². The number of hydrogen-bond donors (Lipinski definition) is 1. The van der Waals surface area contributed by atoms with Gasteiger partial charge in [-0.15, -0.1) is 0 Å². The lowest BCUT2D eigenvalue weighted by atomic mass is 9.72. The summed E-state index contributed by atoms with van der Waals surface area (Å²) in [6.45, 7) is 0. The quantitative estimate of drug-likeness (QED) is 0.689. The van der Waals surface area contributed by atoms with E-state index in [1.54, 1.807) is 25.3 Å². The van der Waals surface area contributed by atoms with E-state index < -0.39 is 5.54 Å². The van der Waals surface area contributed by atoms with Crippen LogP contribution in [0.1, 0.15) is 24.8 Å². The first kappa shape index (κ1) is 12.1. The monoisotopic (exact) mass is 297 g/mol. The third-order valence-corrected chi connectivity index (χ3v) is 3.82. The maximum absolute atomic E-state index is 10.5. The van der Waals surface area contributed by atoms with E-state index in [4.69, 9.17) is 4.74 Å². The summed E-state index contributed by atoms with van der Waals surface area (Å²) in [6, 6.07) is 3.40. The molecule has 0 spiro atoms. The SMILES string of the molecule is COc1cc(Br)c(O)c(C2(N=C=O)CCC2)c1. The van der Waals surface area contributed by atoms with E-state index in [9.17, 15) is 9.90 Å². The van der Waals surface area contributed by atoms with Crippen LogP contribution in [0.15, 0.2) is 21.6 Å². The molecule has 1 fully saturated rings. The summed E-state index contributed by atoms with van der Waals surface area (Å²) < 4.78 is 5.69. The summed E-state index contributed by atoms with van der Waals surface area (Å²) in [5.74, 6) is 0.738. The minimum atomic E-state index is -0.622. The number of nitrogens with zero attached hydrogens (tertiary/aromatic N) is 1. The molecular weight excluding hydrogens is 286 g/mol. The summed E-state index contributed by atoms with van der Waals surface area (Å²) >= 11 is 3.26. The summed E-state index contributed by atoms with van der Waals surface area (Å²) in [5, 5.41) is 10.1. The van der Waals surface area contributed by atoms with E-state index >= 15 is 0 Å². The molecule has 0 heterocycles. The average Bonchev–Trinajstić information content (AvgIpc) is 2.27. The molecule has 0 unspecified atom stereocenters. The van der Waals surface area contributed by atoms with Crippen LogP contribution in [-0.4, -0.2) is 18.3 Å². The maximum atomic E-state index is 10.5. The molecule has 1 saturated carbocycles. The van der Waals surface area contributed by atoms with Crippen LogP contribution in [0.3, 0.4) is 0 Å². The highest BCUT2D eigenvalue weighted by Crippen LogP contribution is 2.50. The Morgan fingerprint density at radius 2 is 2.24 bits per heavy atom. The van der Waals surface area contributed by atoms with Crippen LogP contribution in [0, 0.1) is 0 Å². The molecule has 1 aliphatic carbocycles. The second-order valence-corrected chi connectivity index (χ2v) is 4.95. The molecule has 1 aromatic rings. The Morgan fingerprint density at radius 3 is 2.71 bits per heavy atom. The molecule has 0 bridgehead atoms. The van der Waals surface area contributed by atoms with Gasteiger partial charge < -0.3 is 9.84 Å². The number of phenols is 1. The van der Waals surface area contributed by atoms with E-state index in [2.05, 4.69) is 20.9 Å². The predicted octanol–water partition coefficient (Wildman–Crippen LogP) is 2.88. The van der Waals surface area contributed by atoms with Gasteiger partial charge in [0.15, 0.2) is 0 Å². The molecule has 0 radical (unpaired) electrons. The van der Waals surface area contributed by atoms with Crippen molar-refractivity contribution in [1.29, 1.82) is 0 Å². The molecule has 0 amide bonds. The van der Waals surface area contributed by atoms with Crippen LogP contribution in [-0.2, 0) is 10.3 Å². The number of ether oxygens (including phenoxy) is 1. The van der Waals surface area contributed by atoms with Gasteiger partial charge in [-0.2, -0.15) is 4.99 Å². The Hall–Kier alpha value is -1.32. The fourth-order valence-corrected chi connectivity index (χ4v) is 2.53. The molecule has 4 nitrogen and oxygen atoms in total. The summed E-state index contributed by atoms with van der Waals surface area (Å²) in [6.07, 6.45) is 4.08. The van der Waals surface area contributed by atoms with Crippen LogP contribution in [0.4, 0.5) is 0 Å². The number of methoxy groups -OCH3 is 1. The van der Waals surface area contributed by atoms with Gasteiger partial charge in [0.2, 0.25) is 6.08 Å². The zero-order valence-electron chi connectivity index (χ0n) is 9.36. The molecule has 0 atom stereocenters. The largest absolute Gasteiger partial charge is 0.506 e. The van der Waals surface area contributed by atoms with Gasteiger partial charge in [0.25, 0.3) is 0 Å². The molecule has 17 heavy (non-hydrogen) atoms. The van der Waals surface area contributed by atoms with E-state index in [-0.39, 0.29) is 5.75 Å². The van der Waals surface area contributed by atoms with Crippen molar-refractivity contribution in [2.75, 3.05) is 7.11 Å². The number of phenolic OH excluding ortho intramolecular Hbond substituents is 1. The Morgan fingerprint density at radius 1 is 1.53 bits per heavy atom. The topological polar surface area (TPSA) is 58.9 Å². The Balaban J connectivity index is 2.57. The van der Waals surface area contributed by atoms with Gasteiger partial charge >= 0.3 is 0 Å². The minimum Gasteiger partial charge on any atom is -0.506 e. The van der Waals surface area contributed by atoms with Crippen LogP contribution >= 0.6 is 15.9 Å². The Bertz CT molecular complexity index is 491. The molecule has 0 saturated heterocycles. The first-order valence-corrected chi connectivity index (χ1v) is 6.08. The Labute approximate surface area is 107 Å². The zero-order chi connectivity index (χ0) is 12.5. The molecule has 0 aliphatic heterocycles. The highest BCUT2D eigenvalue weighted by molar-refractivity contribution is 9.10. The van der Waals surface area contributed by atoms with E-state index in [0.717, 1.165) is 19.3 Å². The van der Waals surface area contributed by atoms with Gasteiger partial charge in [0.1, 0.15) is 17.0 Å². The van der Waals surface area contributed by atoms with Gasteiger partial charge in [-0.05, 0) is 47.3 Å². The lowest BCUT2D eigenvalue weighted by molar-refractivity contribution is 0.246. The first-order chi connectivity index (χ1) is 8.13.